The minimum atomic E-state index is 0.723. The maximum atomic E-state index is 8.81. The highest BCUT2D eigenvalue weighted by Gasteiger charge is 2.16. The van der Waals surface area contributed by atoms with Crippen molar-refractivity contribution in [3.63, 3.8) is 0 Å². The van der Waals surface area contributed by atoms with E-state index in [-0.39, 0.29) is 0 Å². The Morgan fingerprint density at radius 2 is 1.62 bits per heavy atom. The Balaban J connectivity index is 1.25. The van der Waals surface area contributed by atoms with Gasteiger partial charge in [-0.25, -0.2) is 0 Å². The summed E-state index contributed by atoms with van der Waals surface area (Å²) in [6.45, 7) is 7.69. The molecule has 3 rings (SSSR count). The Morgan fingerprint density at radius 1 is 0.885 bits per heavy atom. The van der Waals surface area contributed by atoms with E-state index in [1.54, 1.807) is 0 Å². The number of unbranched alkanes of at least 4 members (excludes halogenated alkanes) is 1. The van der Waals surface area contributed by atoms with Crippen LogP contribution in [0.15, 0.2) is 54.6 Å². The Kier molecular flexibility index (Phi) is 7.06. The maximum Gasteiger partial charge on any atom is 0.0991 e. The molecular formula is C22H28N4. The molecule has 0 atom stereocenters. The first-order valence-corrected chi connectivity index (χ1v) is 9.57. The molecule has 0 aliphatic carbocycles. The maximum absolute atomic E-state index is 8.81. The molecule has 1 N–H and O–H groups in total. The number of hydrogen-bond donors (Lipinski definition) is 1. The van der Waals surface area contributed by atoms with Gasteiger partial charge in [0.1, 0.15) is 0 Å². The van der Waals surface area contributed by atoms with E-state index in [2.05, 4.69) is 51.5 Å². The standard InChI is InChI=1S/C22H28N4/c23-18-20-8-10-21(11-9-20)19-24-12-4-5-13-25-14-16-26(17-15-25)22-6-2-1-3-7-22/h1-3,6-11,24H,4-5,12-17,19H2. The molecule has 2 aromatic rings. The lowest BCUT2D eigenvalue weighted by molar-refractivity contribution is 0.252. The summed E-state index contributed by atoms with van der Waals surface area (Å²) in [5.41, 5.74) is 3.31. The van der Waals surface area contributed by atoms with Gasteiger partial charge < -0.3 is 10.2 Å². The summed E-state index contributed by atoms with van der Waals surface area (Å²) in [4.78, 5) is 5.07. The van der Waals surface area contributed by atoms with Crippen molar-refractivity contribution in [1.29, 1.82) is 5.26 Å². The summed E-state index contributed by atoms with van der Waals surface area (Å²) < 4.78 is 0. The highest BCUT2D eigenvalue weighted by molar-refractivity contribution is 5.46. The molecule has 26 heavy (non-hydrogen) atoms. The van der Waals surface area contributed by atoms with Crippen LogP contribution >= 0.6 is 0 Å². The van der Waals surface area contributed by atoms with Crippen LogP contribution in [-0.4, -0.2) is 44.2 Å². The van der Waals surface area contributed by atoms with Crippen molar-refractivity contribution >= 4 is 5.69 Å². The lowest BCUT2D eigenvalue weighted by atomic mass is 10.1. The molecule has 4 heteroatoms. The number of benzene rings is 2. The Labute approximate surface area is 157 Å². The van der Waals surface area contributed by atoms with Gasteiger partial charge >= 0.3 is 0 Å². The summed E-state index contributed by atoms with van der Waals surface area (Å²) in [5.74, 6) is 0. The van der Waals surface area contributed by atoms with Gasteiger partial charge in [0, 0.05) is 38.4 Å². The molecule has 1 heterocycles. The molecule has 1 aliphatic rings. The lowest BCUT2D eigenvalue weighted by Gasteiger charge is -2.36. The van der Waals surface area contributed by atoms with Gasteiger partial charge in [0.25, 0.3) is 0 Å². The molecule has 0 bridgehead atoms. The third kappa shape index (κ3) is 5.59. The predicted octanol–water partition coefficient (Wildman–Crippen LogP) is 3.25. The van der Waals surface area contributed by atoms with Gasteiger partial charge in [-0.1, -0.05) is 30.3 Å². The average Bonchev–Trinajstić information content (AvgIpc) is 2.72. The molecule has 0 saturated carbocycles. The van der Waals surface area contributed by atoms with Crippen molar-refractivity contribution in [2.45, 2.75) is 19.4 Å². The zero-order valence-corrected chi connectivity index (χ0v) is 15.4. The second kappa shape index (κ2) is 9.96. The first-order valence-electron chi connectivity index (χ1n) is 9.57. The molecule has 1 fully saturated rings. The molecule has 4 nitrogen and oxygen atoms in total. The van der Waals surface area contributed by atoms with Gasteiger partial charge in [-0.05, 0) is 55.8 Å². The van der Waals surface area contributed by atoms with Crippen LogP contribution in [0.1, 0.15) is 24.0 Å². The van der Waals surface area contributed by atoms with E-state index in [1.165, 1.54) is 30.6 Å². The molecule has 0 amide bonds. The fourth-order valence-corrected chi connectivity index (χ4v) is 3.38. The summed E-state index contributed by atoms with van der Waals surface area (Å²) in [7, 11) is 0. The molecule has 1 aliphatic heterocycles. The Hall–Kier alpha value is -2.35. The van der Waals surface area contributed by atoms with Gasteiger partial charge in [0.05, 0.1) is 11.6 Å². The van der Waals surface area contributed by atoms with Crippen molar-refractivity contribution in [3.8, 4) is 6.07 Å². The SMILES string of the molecule is N#Cc1ccc(CNCCCCN2CCN(c3ccccc3)CC2)cc1. The normalized spacial score (nSPS) is 15.0. The molecule has 0 unspecified atom stereocenters. The van der Waals surface area contributed by atoms with Crippen molar-refractivity contribution < 1.29 is 0 Å². The monoisotopic (exact) mass is 348 g/mol. The highest BCUT2D eigenvalue weighted by Crippen LogP contribution is 2.15. The largest absolute Gasteiger partial charge is 0.369 e. The van der Waals surface area contributed by atoms with Gasteiger partial charge in [-0.2, -0.15) is 5.26 Å². The van der Waals surface area contributed by atoms with Crippen LogP contribution in [0.25, 0.3) is 0 Å². The Bertz CT molecular complexity index is 682. The molecular weight excluding hydrogens is 320 g/mol. The molecule has 2 aromatic carbocycles. The lowest BCUT2D eigenvalue weighted by Crippen LogP contribution is -2.46. The van der Waals surface area contributed by atoms with E-state index < -0.39 is 0 Å². The van der Waals surface area contributed by atoms with E-state index in [0.29, 0.717) is 0 Å². The van der Waals surface area contributed by atoms with Crippen molar-refractivity contribution in [1.82, 2.24) is 10.2 Å². The average molecular weight is 348 g/mol. The second-order valence-electron chi connectivity index (χ2n) is 6.86. The third-order valence-corrected chi connectivity index (χ3v) is 4.98. The van der Waals surface area contributed by atoms with Crippen LogP contribution in [0.5, 0.6) is 0 Å². The van der Waals surface area contributed by atoms with Crippen LogP contribution in [-0.2, 0) is 6.54 Å². The number of nitrogens with one attached hydrogen (secondary N) is 1. The van der Waals surface area contributed by atoms with Crippen LogP contribution in [0, 0.1) is 11.3 Å². The third-order valence-electron chi connectivity index (χ3n) is 4.98. The van der Waals surface area contributed by atoms with E-state index in [1.807, 2.05) is 24.3 Å². The van der Waals surface area contributed by atoms with Crippen LogP contribution in [0.3, 0.4) is 0 Å². The highest BCUT2D eigenvalue weighted by atomic mass is 15.3. The number of piperazine rings is 1. The molecule has 0 aromatic heterocycles. The number of hydrogen-bond acceptors (Lipinski definition) is 4. The predicted molar refractivity (Wildman–Crippen MR) is 107 cm³/mol. The van der Waals surface area contributed by atoms with Crippen LogP contribution in [0.4, 0.5) is 5.69 Å². The first-order chi connectivity index (χ1) is 12.8. The first kappa shape index (κ1) is 18.4. The van der Waals surface area contributed by atoms with Crippen molar-refractivity contribution in [2.75, 3.05) is 44.2 Å². The van der Waals surface area contributed by atoms with Crippen LogP contribution in [0.2, 0.25) is 0 Å². The second-order valence-corrected chi connectivity index (χ2v) is 6.86. The molecule has 136 valence electrons. The zero-order valence-electron chi connectivity index (χ0n) is 15.4. The quantitative estimate of drug-likeness (QED) is 0.744. The summed E-state index contributed by atoms with van der Waals surface area (Å²) in [5, 5.41) is 12.3. The van der Waals surface area contributed by atoms with Gasteiger partial charge in [0.2, 0.25) is 0 Å². The minimum absolute atomic E-state index is 0.723. The summed E-state index contributed by atoms with van der Waals surface area (Å²) in [6, 6.07) is 20.7. The van der Waals surface area contributed by atoms with Gasteiger partial charge in [0.15, 0.2) is 0 Å². The van der Waals surface area contributed by atoms with Crippen molar-refractivity contribution in [2.24, 2.45) is 0 Å². The molecule has 0 spiro atoms. The topological polar surface area (TPSA) is 42.3 Å². The Morgan fingerprint density at radius 3 is 2.31 bits per heavy atom. The number of para-hydroxylation sites is 1. The van der Waals surface area contributed by atoms with E-state index in [9.17, 15) is 0 Å². The zero-order chi connectivity index (χ0) is 18.0. The molecule has 0 radical (unpaired) electrons. The number of rotatable bonds is 8. The number of nitrogens with zero attached hydrogens (tertiary/aromatic N) is 3. The van der Waals surface area contributed by atoms with Crippen LogP contribution < -0.4 is 10.2 Å². The summed E-state index contributed by atoms with van der Waals surface area (Å²) in [6.07, 6.45) is 2.45. The minimum Gasteiger partial charge on any atom is -0.369 e. The van der Waals surface area contributed by atoms with Gasteiger partial charge in [-0.3, -0.25) is 4.90 Å². The van der Waals surface area contributed by atoms with E-state index in [4.69, 9.17) is 5.26 Å². The fraction of sp³-hybridized carbons (Fsp3) is 0.409. The fourth-order valence-electron chi connectivity index (χ4n) is 3.38. The smallest absolute Gasteiger partial charge is 0.0991 e. The molecule has 1 saturated heterocycles. The van der Waals surface area contributed by atoms with Gasteiger partial charge in [-0.15, -0.1) is 0 Å². The van der Waals surface area contributed by atoms with E-state index in [0.717, 1.165) is 44.8 Å². The number of anilines is 1. The summed E-state index contributed by atoms with van der Waals surface area (Å²) >= 11 is 0. The number of nitriles is 1. The van der Waals surface area contributed by atoms with Crippen molar-refractivity contribution in [3.05, 3.63) is 65.7 Å². The van der Waals surface area contributed by atoms with E-state index >= 15 is 0 Å².